The molecule has 1 N–H and O–H groups in total. The summed E-state index contributed by atoms with van der Waals surface area (Å²) in [5.74, 6) is 0.834. The minimum absolute atomic E-state index is 0.0433. The van der Waals surface area contributed by atoms with Crippen molar-refractivity contribution >= 4 is 6.08 Å². The normalized spacial score (nSPS) is 10.7. The van der Waals surface area contributed by atoms with Gasteiger partial charge in [0.25, 0.3) is 0 Å². The number of aliphatic hydroxyl groups is 1. The van der Waals surface area contributed by atoms with Crippen molar-refractivity contribution in [2.24, 2.45) is 0 Å². The summed E-state index contributed by atoms with van der Waals surface area (Å²) in [5.41, 5.74) is 1.04. The molecule has 0 aromatic heterocycles. The lowest BCUT2D eigenvalue weighted by molar-refractivity contribution is 0.0604. The quantitative estimate of drug-likeness (QED) is 0.553. The molecule has 0 saturated carbocycles. The average Bonchev–Trinajstić information content (AvgIpc) is 2.38. The van der Waals surface area contributed by atoms with Crippen LogP contribution in [0.1, 0.15) is 5.56 Å². The molecule has 1 aromatic carbocycles. The minimum atomic E-state index is 0.0433. The Bertz CT molecular complexity index is 319. The number of hydrogen-bond acceptors (Lipinski definition) is 4. The highest BCUT2D eigenvalue weighted by molar-refractivity contribution is 5.49. The Hall–Kier alpha value is -1.52. The highest BCUT2D eigenvalue weighted by atomic mass is 16.5. The Balaban J connectivity index is 2.19. The predicted octanol–water partition coefficient (Wildman–Crippen LogP) is 1.69. The van der Waals surface area contributed by atoms with Crippen molar-refractivity contribution in [1.82, 2.24) is 0 Å². The SMILES string of the molecule is COc1ccc(/C=C/OCCOCCO)cc1. The molecule has 17 heavy (non-hydrogen) atoms. The molecule has 1 aromatic rings. The largest absolute Gasteiger partial charge is 0.499 e. The highest BCUT2D eigenvalue weighted by Crippen LogP contribution is 2.12. The summed E-state index contributed by atoms with van der Waals surface area (Å²) in [6.07, 6.45) is 3.50. The van der Waals surface area contributed by atoms with E-state index < -0.39 is 0 Å². The third-order valence-electron chi connectivity index (χ3n) is 2.05. The van der Waals surface area contributed by atoms with Crippen LogP contribution in [-0.2, 0) is 9.47 Å². The van der Waals surface area contributed by atoms with Crippen LogP contribution < -0.4 is 4.74 Å². The van der Waals surface area contributed by atoms with Crippen LogP contribution in [-0.4, -0.2) is 38.6 Å². The molecule has 0 atom stereocenters. The van der Waals surface area contributed by atoms with Crippen LogP contribution in [0.3, 0.4) is 0 Å². The molecule has 4 heteroatoms. The molecule has 0 radical (unpaired) electrons. The molecule has 0 aliphatic rings. The van der Waals surface area contributed by atoms with Gasteiger partial charge in [0, 0.05) is 0 Å². The van der Waals surface area contributed by atoms with Crippen molar-refractivity contribution in [3.63, 3.8) is 0 Å². The summed E-state index contributed by atoms with van der Waals surface area (Å²) >= 11 is 0. The fourth-order valence-electron chi connectivity index (χ4n) is 1.18. The fraction of sp³-hybridized carbons (Fsp3) is 0.385. The Morgan fingerprint density at radius 2 is 1.88 bits per heavy atom. The molecule has 1 rings (SSSR count). The smallest absolute Gasteiger partial charge is 0.118 e. The van der Waals surface area contributed by atoms with Crippen LogP contribution >= 0.6 is 0 Å². The van der Waals surface area contributed by atoms with Gasteiger partial charge in [-0.25, -0.2) is 0 Å². The zero-order valence-electron chi connectivity index (χ0n) is 9.96. The van der Waals surface area contributed by atoms with E-state index in [4.69, 9.17) is 19.3 Å². The maximum absolute atomic E-state index is 8.47. The van der Waals surface area contributed by atoms with E-state index in [0.29, 0.717) is 19.8 Å². The predicted molar refractivity (Wildman–Crippen MR) is 65.9 cm³/mol. The molecule has 94 valence electrons. The molecular formula is C13H18O4. The Morgan fingerprint density at radius 1 is 1.12 bits per heavy atom. The molecule has 0 bridgehead atoms. The van der Waals surface area contributed by atoms with Crippen molar-refractivity contribution in [3.8, 4) is 5.75 Å². The van der Waals surface area contributed by atoms with Gasteiger partial charge < -0.3 is 19.3 Å². The molecule has 0 aliphatic carbocycles. The second kappa shape index (κ2) is 8.61. The van der Waals surface area contributed by atoms with Gasteiger partial charge in [-0.15, -0.1) is 0 Å². The molecule has 0 unspecified atom stereocenters. The highest BCUT2D eigenvalue weighted by Gasteiger charge is 1.90. The third-order valence-corrected chi connectivity index (χ3v) is 2.05. The first-order chi connectivity index (χ1) is 8.36. The van der Waals surface area contributed by atoms with E-state index in [1.807, 2.05) is 30.3 Å². The molecule has 0 saturated heterocycles. The van der Waals surface area contributed by atoms with Gasteiger partial charge >= 0.3 is 0 Å². The van der Waals surface area contributed by atoms with Crippen molar-refractivity contribution in [3.05, 3.63) is 36.1 Å². The Morgan fingerprint density at radius 3 is 2.53 bits per heavy atom. The van der Waals surface area contributed by atoms with Gasteiger partial charge in [-0.3, -0.25) is 0 Å². The number of rotatable bonds is 8. The van der Waals surface area contributed by atoms with E-state index in [0.717, 1.165) is 11.3 Å². The lowest BCUT2D eigenvalue weighted by Crippen LogP contribution is -2.04. The van der Waals surface area contributed by atoms with Crippen LogP contribution in [0.2, 0.25) is 0 Å². The second-order valence-corrected chi connectivity index (χ2v) is 3.28. The molecule has 0 spiro atoms. The van der Waals surface area contributed by atoms with Crippen LogP contribution in [0.15, 0.2) is 30.5 Å². The number of benzene rings is 1. The van der Waals surface area contributed by atoms with E-state index in [9.17, 15) is 0 Å². The van der Waals surface area contributed by atoms with Gasteiger partial charge in [0.1, 0.15) is 12.4 Å². The first kappa shape index (κ1) is 13.5. The van der Waals surface area contributed by atoms with Gasteiger partial charge in [0.15, 0.2) is 0 Å². The molecule has 0 aliphatic heterocycles. The van der Waals surface area contributed by atoms with Gasteiger partial charge in [-0.1, -0.05) is 12.1 Å². The number of methoxy groups -OCH3 is 1. The van der Waals surface area contributed by atoms with Crippen molar-refractivity contribution in [2.75, 3.05) is 33.5 Å². The van der Waals surface area contributed by atoms with Gasteiger partial charge in [-0.05, 0) is 23.8 Å². The van der Waals surface area contributed by atoms with Crippen LogP contribution in [0.4, 0.5) is 0 Å². The van der Waals surface area contributed by atoms with Crippen LogP contribution in [0, 0.1) is 0 Å². The van der Waals surface area contributed by atoms with E-state index in [1.165, 1.54) is 0 Å². The number of hydrogen-bond donors (Lipinski definition) is 1. The van der Waals surface area contributed by atoms with E-state index >= 15 is 0 Å². The van der Waals surface area contributed by atoms with Crippen molar-refractivity contribution in [2.45, 2.75) is 0 Å². The zero-order chi connectivity index (χ0) is 12.3. The van der Waals surface area contributed by atoms with Gasteiger partial charge in [-0.2, -0.15) is 0 Å². The minimum Gasteiger partial charge on any atom is -0.499 e. The second-order valence-electron chi connectivity index (χ2n) is 3.28. The molecule has 0 fully saturated rings. The van der Waals surface area contributed by atoms with Crippen LogP contribution in [0.25, 0.3) is 6.08 Å². The van der Waals surface area contributed by atoms with E-state index in [-0.39, 0.29) is 6.61 Å². The van der Waals surface area contributed by atoms with E-state index in [2.05, 4.69) is 0 Å². The topological polar surface area (TPSA) is 47.9 Å². The first-order valence-electron chi connectivity index (χ1n) is 5.47. The van der Waals surface area contributed by atoms with Crippen molar-refractivity contribution < 1.29 is 19.3 Å². The van der Waals surface area contributed by atoms with Gasteiger partial charge in [0.2, 0.25) is 0 Å². The molecule has 4 nitrogen and oxygen atoms in total. The van der Waals surface area contributed by atoms with Crippen LogP contribution in [0.5, 0.6) is 5.75 Å². The summed E-state index contributed by atoms with van der Waals surface area (Å²) in [6, 6.07) is 7.68. The fourth-order valence-corrected chi connectivity index (χ4v) is 1.18. The van der Waals surface area contributed by atoms with E-state index in [1.54, 1.807) is 13.4 Å². The Kier molecular flexibility index (Phi) is 6.86. The summed E-state index contributed by atoms with van der Waals surface area (Å²) in [6.45, 7) is 1.35. The molecule has 0 amide bonds. The summed E-state index contributed by atoms with van der Waals surface area (Å²) in [4.78, 5) is 0. The molecular weight excluding hydrogens is 220 g/mol. The zero-order valence-corrected chi connectivity index (χ0v) is 9.96. The average molecular weight is 238 g/mol. The lowest BCUT2D eigenvalue weighted by Gasteiger charge is -2.02. The first-order valence-corrected chi connectivity index (χ1v) is 5.47. The maximum Gasteiger partial charge on any atom is 0.118 e. The maximum atomic E-state index is 8.47. The van der Waals surface area contributed by atoms with Crippen molar-refractivity contribution in [1.29, 1.82) is 0 Å². The number of ether oxygens (including phenoxy) is 3. The number of aliphatic hydroxyl groups excluding tert-OH is 1. The summed E-state index contributed by atoms with van der Waals surface area (Å²) < 4.78 is 15.3. The summed E-state index contributed by atoms with van der Waals surface area (Å²) in [7, 11) is 1.64. The van der Waals surface area contributed by atoms with Gasteiger partial charge in [0.05, 0.1) is 33.2 Å². The summed E-state index contributed by atoms with van der Waals surface area (Å²) in [5, 5.41) is 8.47. The molecule has 0 heterocycles. The Labute approximate surface area is 101 Å². The standard InChI is InChI=1S/C13H18O4/c1-15-13-4-2-12(3-5-13)6-8-16-10-11-17-9-7-14/h2-6,8,14H,7,9-11H2,1H3/b8-6+. The monoisotopic (exact) mass is 238 g/mol. The third kappa shape index (κ3) is 5.94. The lowest BCUT2D eigenvalue weighted by atomic mass is 10.2.